The second-order valence-electron chi connectivity index (χ2n) is 4.55. The molecule has 0 bridgehead atoms. The van der Waals surface area contributed by atoms with E-state index in [-0.39, 0.29) is 0 Å². The molecule has 0 aliphatic carbocycles. The third-order valence-electron chi connectivity index (χ3n) is 2.81. The number of hydrogen-bond donors (Lipinski definition) is 1. The van der Waals surface area contributed by atoms with Crippen LogP contribution >= 0.6 is 0 Å². The summed E-state index contributed by atoms with van der Waals surface area (Å²) in [5.74, 6) is 0.687. The van der Waals surface area contributed by atoms with Crippen molar-refractivity contribution in [2.45, 2.75) is 19.8 Å². The molecule has 0 aromatic carbocycles. The molecule has 1 heterocycles. The maximum atomic E-state index is 5.54. The van der Waals surface area contributed by atoms with Gasteiger partial charge in [-0.3, -0.25) is 4.98 Å². The Morgan fingerprint density at radius 2 is 2.06 bits per heavy atom. The molecule has 16 heavy (non-hydrogen) atoms. The summed E-state index contributed by atoms with van der Waals surface area (Å²) in [6, 6.07) is 4.16. The molecule has 3 nitrogen and oxygen atoms in total. The molecule has 1 atom stereocenters. The summed E-state index contributed by atoms with van der Waals surface area (Å²) in [5.41, 5.74) is 6.90. The van der Waals surface area contributed by atoms with Crippen molar-refractivity contribution in [2.24, 2.45) is 11.7 Å². The molecule has 0 spiro atoms. The molecule has 1 aromatic heterocycles. The monoisotopic (exact) mass is 221 g/mol. The first-order valence-electron chi connectivity index (χ1n) is 6.00. The zero-order valence-corrected chi connectivity index (χ0v) is 10.4. The Hall–Kier alpha value is -0.930. The third kappa shape index (κ3) is 5.24. The fraction of sp³-hybridized carbons (Fsp3) is 0.615. The highest BCUT2D eigenvalue weighted by Gasteiger charge is 2.05. The van der Waals surface area contributed by atoms with E-state index in [9.17, 15) is 0 Å². The highest BCUT2D eigenvalue weighted by Crippen LogP contribution is 2.04. The van der Waals surface area contributed by atoms with Crippen molar-refractivity contribution in [1.82, 2.24) is 9.88 Å². The minimum absolute atomic E-state index is 0.687. The van der Waals surface area contributed by atoms with Gasteiger partial charge in [-0.05, 0) is 50.0 Å². The average molecular weight is 221 g/mol. The van der Waals surface area contributed by atoms with Gasteiger partial charge in [0.1, 0.15) is 0 Å². The lowest BCUT2D eigenvalue weighted by Crippen LogP contribution is -2.27. The largest absolute Gasteiger partial charge is 0.330 e. The Balaban J connectivity index is 2.22. The number of nitrogens with zero attached hydrogens (tertiary/aromatic N) is 2. The van der Waals surface area contributed by atoms with Crippen molar-refractivity contribution < 1.29 is 0 Å². The molecule has 0 aliphatic rings. The quantitative estimate of drug-likeness (QED) is 0.759. The van der Waals surface area contributed by atoms with E-state index in [2.05, 4.69) is 36.0 Å². The van der Waals surface area contributed by atoms with Crippen LogP contribution in [0.25, 0.3) is 0 Å². The molecule has 0 saturated heterocycles. The van der Waals surface area contributed by atoms with Crippen molar-refractivity contribution in [3.8, 4) is 0 Å². The fourth-order valence-corrected chi connectivity index (χ4v) is 1.87. The number of hydrogen-bond acceptors (Lipinski definition) is 3. The maximum absolute atomic E-state index is 5.54. The lowest BCUT2D eigenvalue weighted by molar-refractivity contribution is 0.283. The Morgan fingerprint density at radius 3 is 2.69 bits per heavy atom. The minimum Gasteiger partial charge on any atom is -0.330 e. The van der Waals surface area contributed by atoms with Crippen molar-refractivity contribution in [2.75, 3.05) is 26.7 Å². The molecule has 1 aromatic rings. The number of pyridine rings is 1. The second-order valence-corrected chi connectivity index (χ2v) is 4.55. The van der Waals surface area contributed by atoms with Crippen LogP contribution in [0.2, 0.25) is 0 Å². The van der Waals surface area contributed by atoms with Crippen LogP contribution in [0, 0.1) is 5.92 Å². The van der Waals surface area contributed by atoms with Gasteiger partial charge in [0.25, 0.3) is 0 Å². The van der Waals surface area contributed by atoms with Crippen LogP contribution < -0.4 is 5.73 Å². The van der Waals surface area contributed by atoms with Crippen LogP contribution in [0.15, 0.2) is 24.5 Å². The zero-order chi connectivity index (χ0) is 11.8. The summed E-state index contributed by atoms with van der Waals surface area (Å²) in [7, 11) is 2.17. The average Bonchev–Trinajstić information content (AvgIpc) is 2.28. The Morgan fingerprint density at radius 1 is 1.38 bits per heavy atom. The molecule has 0 amide bonds. The number of aromatic nitrogens is 1. The first-order chi connectivity index (χ1) is 7.72. The highest BCUT2D eigenvalue weighted by molar-refractivity contribution is 5.09. The second kappa shape index (κ2) is 7.36. The van der Waals surface area contributed by atoms with Crippen LogP contribution in [-0.2, 0) is 6.42 Å². The molecule has 0 fully saturated rings. The molecule has 3 heteroatoms. The first kappa shape index (κ1) is 13.1. The summed E-state index contributed by atoms with van der Waals surface area (Å²) in [5, 5.41) is 0. The van der Waals surface area contributed by atoms with E-state index in [1.54, 1.807) is 0 Å². The zero-order valence-electron chi connectivity index (χ0n) is 10.4. The number of rotatable bonds is 7. The van der Waals surface area contributed by atoms with Crippen LogP contribution in [0.1, 0.15) is 18.9 Å². The van der Waals surface area contributed by atoms with Gasteiger partial charge in [-0.2, -0.15) is 0 Å². The molecule has 90 valence electrons. The van der Waals surface area contributed by atoms with Crippen LogP contribution in [0.4, 0.5) is 0 Å². The van der Waals surface area contributed by atoms with Crippen molar-refractivity contribution in [3.05, 3.63) is 30.1 Å². The first-order valence-corrected chi connectivity index (χ1v) is 6.00. The van der Waals surface area contributed by atoms with Gasteiger partial charge in [0.05, 0.1) is 0 Å². The van der Waals surface area contributed by atoms with Gasteiger partial charge in [0.15, 0.2) is 0 Å². The van der Waals surface area contributed by atoms with E-state index in [1.807, 2.05) is 12.4 Å². The summed E-state index contributed by atoms with van der Waals surface area (Å²) in [6.07, 6.45) is 5.91. The molecule has 1 unspecified atom stereocenters. The van der Waals surface area contributed by atoms with Crippen LogP contribution in [0.3, 0.4) is 0 Å². The van der Waals surface area contributed by atoms with Crippen molar-refractivity contribution >= 4 is 0 Å². The lowest BCUT2D eigenvalue weighted by atomic mass is 10.1. The van der Waals surface area contributed by atoms with Crippen molar-refractivity contribution in [3.63, 3.8) is 0 Å². The van der Waals surface area contributed by atoms with E-state index in [0.29, 0.717) is 5.92 Å². The lowest BCUT2D eigenvalue weighted by Gasteiger charge is -2.20. The maximum Gasteiger partial charge on any atom is 0.0270 e. The molecule has 1 rings (SSSR count). The topological polar surface area (TPSA) is 42.1 Å². The summed E-state index contributed by atoms with van der Waals surface area (Å²) < 4.78 is 0. The Labute approximate surface area is 98.7 Å². The number of nitrogens with two attached hydrogens (primary N) is 1. The molecular weight excluding hydrogens is 198 g/mol. The van der Waals surface area contributed by atoms with E-state index in [1.165, 1.54) is 5.56 Å². The van der Waals surface area contributed by atoms with Crippen LogP contribution in [-0.4, -0.2) is 36.6 Å². The molecule has 0 saturated carbocycles. The van der Waals surface area contributed by atoms with Gasteiger partial charge in [-0.15, -0.1) is 0 Å². The predicted molar refractivity (Wildman–Crippen MR) is 68.3 cm³/mol. The van der Waals surface area contributed by atoms with E-state index in [4.69, 9.17) is 5.73 Å². The molecular formula is C13H23N3. The van der Waals surface area contributed by atoms with Gasteiger partial charge in [-0.25, -0.2) is 0 Å². The van der Waals surface area contributed by atoms with E-state index in [0.717, 1.165) is 32.5 Å². The fourth-order valence-electron chi connectivity index (χ4n) is 1.87. The Kier molecular flexibility index (Phi) is 6.04. The molecule has 2 N–H and O–H groups in total. The van der Waals surface area contributed by atoms with Gasteiger partial charge >= 0.3 is 0 Å². The van der Waals surface area contributed by atoms with E-state index >= 15 is 0 Å². The standard InChI is InChI=1S/C13H23N3/c1-12(3-7-14)11-16(2)10-6-13-4-8-15-9-5-13/h4-5,8-9,12H,3,6-7,10-11,14H2,1-2H3. The third-order valence-corrected chi connectivity index (χ3v) is 2.81. The predicted octanol–water partition coefficient (Wildman–Crippen LogP) is 1.54. The smallest absolute Gasteiger partial charge is 0.0270 e. The van der Waals surface area contributed by atoms with Crippen LogP contribution in [0.5, 0.6) is 0 Å². The van der Waals surface area contributed by atoms with Gasteiger partial charge in [0, 0.05) is 25.5 Å². The van der Waals surface area contributed by atoms with Gasteiger partial charge in [0.2, 0.25) is 0 Å². The van der Waals surface area contributed by atoms with Gasteiger partial charge < -0.3 is 10.6 Å². The molecule has 0 radical (unpaired) electrons. The SMILES string of the molecule is CC(CCN)CN(C)CCc1ccncc1. The molecule has 0 aliphatic heterocycles. The summed E-state index contributed by atoms with van der Waals surface area (Å²) in [6.45, 7) is 5.27. The number of likely N-dealkylation sites (N-methyl/N-ethyl adjacent to an activating group) is 1. The Bertz CT molecular complexity index is 274. The summed E-state index contributed by atoms with van der Waals surface area (Å²) in [4.78, 5) is 6.39. The van der Waals surface area contributed by atoms with Gasteiger partial charge in [-0.1, -0.05) is 6.92 Å². The normalized spacial score (nSPS) is 13.0. The summed E-state index contributed by atoms with van der Waals surface area (Å²) >= 11 is 0. The van der Waals surface area contributed by atoms with E-state index < -0.39 is 0 Å². The highest BCUT2D eigenvalue weighted by atomic mass is 15.1. The van der Waals surface area contributed by atoms with Crippen molar-refractivity contribution in [1.29, 1.82) is 0 Å². The minimum atomic E-state index is 0.687.